The molecule has 3 aromatic rings. The van der Waals surface area contributed by atoms with Gasteiger partial charge in [-0.1, -0.05) is 6.07 Å². The van der Waals surface area contributed by atoms with E-state index in [4.69, 9.17) is 4.74 Å². The number of ether oxygens (including phenoxy) is 1. The summed E-state index contributed by atoms with van der Waals surface area (Å²) in [7, 11) is 0. The Morgan fingerprint density at radius 3 is 2.67 bits per heavy atom. The molecule has 7 nitrogen and oxygen atoms in total. The maximum absolute atomic E-state index is 13.0. The first-order valence-electron chi connectivity index (χ1n) is 8.68. The minimum absolute atomic E-state index is 0.200. The highest BCUT2D eigenvalue weighted by molar-refractivity contribution is 6.10. The zero-order valence-corrected chi connectivity index (χ0v) is 15.0. The molecule has 2 aromatic heterocycles. The topological polar surface area (TPSA) is 88.2 Å². The van der Waals surface area contributed by atoms with Crippen molar-refractivity contribution in [1.82, 2.24) is 15.2 Å². The van der Waals surface area contributed by atoms with Crippen molar-refractivity contribution in [3.63, 3.8) is 0 Å². The highest BCUT2D eigenvalue weighted by Gasteiger charge is 2.43. The summed E-state index contributed by atoms with van der Waals surface area (Å²) in [5.41, 5.74) is 3.92. The Balaban J connectivity index is 1.77. The average molecular weight is 362 g/mol. The molecule has 1 N–H and O–H groups in total. The summed E-state index contributed by atoms with van der Waals surface area (Å²) in [5, 5.41) is 7.07. The number of fused-ring (bicyclic) bond motifs is 1. The smallest absolute Gasteiger partial charge is 0.338 e. The van der Waals surface area contributed by atoms with E-state index in [1.165, 1.54) is 0 Å². The lowest BCUT2D eigenvalue weighted by Gasteiger charge is -2.25. The van der Waals surface area contributed by atoms with E-state index in [1.807, 2.05) is 25.1 Å². The molecule has 1 amide bonds. The molecule has 7 heteroatoms. The molecule has 0 radical (unpaired) electrons. The van der Waals surface area contributed by atoms with Crippen LogP contribution in [0.1, 0.15) is 50.8 Å². The van der Waals surface area contributed by atoms with Crippen molar-refractivity contribution in [2.75, 3.05) is 11.5 Å². The van der Waals surface area contributed by atoms with Crippen molar-refractivity contribution < 1.29 is 14.3 Å². The molecule has 1 aliphatic rings. The van der Waals surface area contributed by atoms with Crippen LogP contribution in [-0.2, 0) is 4.74 Å². The Bertz CT molecular complexity index is 996. The number of benzene rings is 1. The van der Waals surface area contributed by atoms with Crippen molar-refractivity contribution >= 4 is 17.6 Å². The maximum atomic E-state index is 13.0. The summed E-state index contributed by atoms with van der Waals surface area (Å²) in [5.74, 6) is -0.587. The monoisotopic (exact) mass is 362 g/mol. The number of esters is 1. The Morgan fingerprint density at radius 1 is 1.22 bits per heavy atom. The van der Waals surface area contributed by atoms with Crippen LogP contribution < -0.4 is 4.90 Å². The Morgan fingerprint density at radius 2 is 2.00 bits per heavy atom. The molecule has 1 aromatic carbocycles. The van der Waals surface area contributed by atoms with Gasteiger partial charge in [-0.2, -0.15) is 5.10 Å². The van der Waals surface area contributed by atoms with Crippen molar-refractivity contribution in [3.8, 4) is 0 Å². The van der Waals surface area contributed by atoms with E-state index in [0.717, 1.165) is 17.0 Å². The molecule has 0 bridgehead atoms. The SMILES string of the molecule is CCOC(=O)c1ccc(N2C(=O)c3n[nH]c(C)c3[C@H]2c2ccccn2)cc1. The van der Waals surface area contributed by atoms with Gasteiger partial charge in [-0.15, -0.1) is 0 Å². The molecule has 0 saturated heterocycles. The predicted octanol–water partition coefficient (Wildman–Crippen LogP) is 3.04. The van der Waals surface area contributed by atoms with E-state index in [2.05, 4.69) is 15.2 Å². The lowest BCUT2D eigenvalue weighted by molar-refractivity contribution is 0.0526. The number of aromatic nitrogens is 3. The first-order valence-corrected chi connectivity index (χ1v) is 8.68. The van der Waals surface area contributed by atoms with Crippen molar-refractivity contribution in [3.05, 3.63) is 76.9 Å². The summed E-state index contributed by atoms with van der Waals surface area (Å²) in [6.45, 7) is 3.96. The van der Waals surface area contributed by atoms with Gasteiger partial charge in [-0.05, 0) is 50.2 Å². The third-order valence-corrected chi connectivity index (χ3v) is 4.57. The van der Waals surface area contributed by atoms with Crippen LogP contribution in [0.3, 0.4) is 0 Å². The van der Waals surface area contributed by atoms with Crippen LogP contribution in [0.4, 0.5) is 5.69 Å². The van der Waals surface area contributed by atoms with E-state index < -0.39 is 0 Å². The summed E-state index contributed by atoms with van der Waals surface area (Å²) < 4.78 is 5.02. The van der Waals surface area contributed by atoms with Crippen LogP contribution in [0.5, 0.6) is 0 Å². The van der Waals surface area contributed by atoms with E-state index >= 15 is 0 Å². The maximum Gasteiger partial charge on any atom is 0.338 e. The number of aryl methyl sites for hydroxylation is 1. The molecule has 0 spiro atoms. The van der Waals surface area contributed by atoms with Gasteiger partial charge < -0.3 is 4.74 Å². The van der Waals surface area contributed by atoms with E-state index in [9.17, 15) is 9.59 Å². The van der Waals surface area contributed by atoms with Gasteiger partial charge >= 0.3 is 5.97 Å². The van der Waals surface area contributed by atoms with Crippen molar-refractivity contribution in [1.29, 1.82) is 0 Å². The number of nitrogens with one attached hydrogen (secondary N) is 1. The van der Waals surface area contributed by atoms with Gasteiger partial charge in [0.15, 0.2) is 5.69 Å². The molecule has 0 fully saturated rings. The highest BCUT2D eigenvalue weighted by Crippen LogP contribution is 2.41. The number of H-pyrrole nitrogens is 1. The summed E-state index contributed by atoms with van der Waals surface area (Å²) in [6, 6.07) is 12.0. The van der Waals surface area contributed by atoms with Crippen LogP contribution in [0.25, 0.3) is 0 Å². The lowest BCUT2D eigenvalue weighted by Crippen LogP contribution is -2.29. The van der Waals surface area contributed by atoms with E-state index in [1.54, 1.807) is 42.3 Å². The molecule has 1 atom stereocenters. The summed E-state index contributed by atoms with van der Waals surface area (Å²) in [4.78, 5) is 31.0. The van der Waals surface area contributed by atoms with Gasteiger partial charge in [-0.3, -0.25) is 19.8 Å². The van der Waals surface area contributed by atoms with Crippen LogP contribution in [0.15, 0.2) is 48.7 Å². The number of hydrogen-bond donors (Lipinski definition) is 1. The molecule has 27 heavy (non-hydrogen) atoms. The molecule has 0 unspecified atom stereocenters. The number of anilines is 1. The van der Waals surface area contributed by atoms with Crippen molar-refractivity contribution in [2.45, 2.75) is 19.9 Å². The van der Waals surface area contributed by atoms with E-state index in [-0.39, 0.29) is 17.9 Å². The number of hydrogen-bond acceptors (Lipinski definition) is 5. The minimum atomic E-state index is -0.387. The van der Waals surface area contributed by atoms with Gasteiger partial charge in [0.2, 0.25) is 0 Å². The van der Waals surface area contributed by atoms with Crippen LogP contribution in [0.2, 0.25) is 0 Å². The molecular weight excluding hydrogens is 344 g/mol. The fourth-order valence-electron chi connectivity index (χ4n) is 3.35. The Labute approximate surface area is 156 Å². The molecular formula is C20H18N4O3. The second kappa shape index (κ2) is 6.68. The molecule has 1 aliphatic heterocycles. The third-order valence-electron chi connectivity index (χ3n) is 4.57. The third kappa shape index (κ3) is 2.77. The molecule has 4 rings (SSSR count). The molecule has 0 aliphatic carbocycles. The van der Waals surface area contributed by atoms with E-state index in [0.29, 0.717) is 23.6 Å². The summed E-state index contributed by atoms with van der Waals surface area (Å²) >= 11 is 0. The normalized spacial score (nSPS) is 15.7. The predicted molar refractivity (Wildman–Crippen MR) is 98.6 cm³/mol. The number of rotatable bonds is 4. The number of carbonyl (C=O) groups is 2. The standard InChI is InChI=1S/C20H18N4O3/c1-3-27-20(26)13-7-9-14(10-8-13)24-18(15-6-4-5-11-21-15)16-12(2)22-23-17(16)19(24)25/h4-11,18H,3H2,1-2H3,(H,22,23)/t18-/m1/s1. The average Bonchev–Trinajstić information content (AvgIpc) is 3.21. The van der Waals surface area contributed by atoms with Crippen LogP contribution in [-0.4, -0.2) is 33.7 Å². The van der Waals surface area contributed by atoms with Crippen molar-refractivity contribution in [2.24, 2.45) is 0 Å². The Kier molecular flexibility index (Phi) is 4.19. The fraction of sp³-hybridized carbons (Fsp3) is 0.200. The van der Waals surface area contributed by atoms with Gasteiger partial charge in [0, 0.05) is 23.1 Å². The lowest BCUT2D eigenvalue weighted by atomic mass is 10.0. The zero-order chi connectivity index (χ0) is 19.0. The highest BCUT2D eigenvalue weighted by atomic mass is 16.5. The second-order valence-electron chi connectivity index (χ2n) is 6.21. The number of pyridine rings is 1. The van der Waals surface area contributed by atoms with Crippen LogP contribution in [0, 0.1) is 6.92 Å². The van der Waals surface area contributed by atoms with Gasteiger partial charge in [0.25, 0.3) is 5.91 Å². The van der Waals surface area contributed by atoms with Gasteiger partial charge in [0.05, 0.1) is 17.9 Å². The Hall–Kier alpha value is -3.48. The van der Waals surface area contributed by atoms with Crippen LogP contribution >= 0.6 is 0 Å². The first-order chi connectivity index (χ1) is 13.1. The first kappa shape index (κ1) is 17.0. The van der Waals surface area contributed by atoms with Gasteiger partial charge in [0.1, 0.15) is 6.04 Å². The molecule has 136 valence electrons. The second-order valence-corrected chi connectivity index (χ2v) is 6.21. The number of nitrogens with zero attached hydrogens (tertiary/aromatic N) is 3. The molecule has 0 saturated carbocycles. The minimum Gasteiger partial charge on any atom is -0.462 e. The van der Waals surface area contributed by atoms with Gasteiger partial charge in [-0.25, -0.2) is 4.79 Å². The fourth-order valence-corrected chi connectivity index (χ4v) is 3.35. The largest absolute Gasteiger partial charge is 0.462 e. The number of aromatic amines is 1. The number of carbonyl (C=O) groups excluding carboxylic acids is 2. The zero-order valence-electron chi connectivity index (χ0n) is 15.0. The molecule has 3 heterocycles. The summed E-state index contributed by atoms with van der Waals surface area (Å²) in [6.07, 6.45) is 1.70. The quantitative estimate of drug-likeness (QED) is 0.721. The number of amides is 1.